The fourth-order valence-corrected chi connectivity index (χ4v) is 3.94. The Morgan fingerprint density at radius 1 is 1.20 bits per heavy atom. The van der Waals surface area contributed by atoms with Crippen molar-refractivity contribution in [1.82, 2.24) is 20.3 Å². The maximum atomic E-state index is 12.9. The lowest BCUT2D eigenvalue weighted by atomic mass is 9.95. The van der Waals surface area contributed by atoms with Crippen LogP contribution >= 0.6 is 0 Å². The average Bonchev–Trinajstić information content (AvgIpc) is 3.28. The quantitative estimate of drug-likeness (QED) is 0.607. The van der Waals surface area contributed by atoms with Gasteiger partial charge in [-0.05, 0) is 24.5 Å². The minimum atomic E-state index is -0.690. The minimum Gasteiger partial charge on any atom is -0.467 e. The number of hydrogen-bond donors (Lipinski definition) is 2. The Balaban J connectivity index is 1.38. The van der Waals surface area contributed by atoms with Gasteiger partial charge in [-0.25, -0.2) is 14.8 Å². The van der Waals surface area contributed by atoms with Gasteiger partial charge in [0.25, 0.3) is 0 Å². The molecule has 3 aromatic rings. The summed E-state index contributed by atoms with van der Waals surface area (Å²) in [5.41, 5.74) is 1.78. The number of nitrogens with one attached hydrogen (secondary N) is 2. The maximum Gasteiger partial charge on any atom is 0.328 e. The number of carbonyl (C=O) groups excluding carboxylic acids is 2. The number of benzene rings is 1. The predicted octanol–water partition coefficient (Wildman–Crippen LogP) is 2.07. The molecule has 1 amide bonds. The molecule has 1 saturated heterocycles. The van der Waals surface area contributed by atoms with Gasteiger partial charge in [-0.1, -0.05) is 30.3 Å². The first-order valence-electron chi connectivity index (χ1n) is 10.1. The number of aromatic nitrogens is 3. The smallest absolute Gasteiger partial charge is 0.328 e. The van der Waals surface area contributed by atoms with Crippen LogP contribution in [0.2, 0.25) is 0 Å². The van der Waals surface area contributed by atoms with Crippen molar-refractivity contribution in [2.24, 2.45) is 5.92 Å². The van der Waals surface area contributed by atoms with Crippen LogP contribution in [-0.2, 0) is 20.7 Å². The molecule has 8 nitrogen and oxygen atoms in total. The van der Waals surface area contributed by atoms with Crippen LogP contribution in [0.25, 0.3) is 11.0 Å². The summed E-state index contributed by atoms with van der Waals surface area (Å²) in [6.45, 7) is 1.44. The highest BCUT2D eigenvalue weighted by molar-refractivity contribution is 5.88. The summed E-state index contributed by atoms with van der Waals surface area (Å²) >= 11 is 0. The first kappa shape index (κ1) is 19.9. The van der Waals surface area contributed by atoms with Crippen molar-refractivity contribution in [2.45, 2.75) is 25.3 Å². The van der Waals surface area contributed by atoms with Crippen LogP contribution in [0.15, 0.2) is 48.9 Å². The second-order valence-corrected chi connectivity index (χ2v) is 7.47. The van der Waals surface area contributed by atoms with Gasteiger partial charge in [0, 0.05) is 31.6 Å². The Labute approximate surface area is 174 Å². The van der Waals surface area contributed by atoms with E-state index in [1.165, 1.54) is 7.11 Å². The molecule has 30 heavy (non-hydrogen) atoms. The van der Waals surface area contributed by atoms with E-state index in [-0.39, 0.29) is 11.8 Å². The normalized spacial score (nSPS) is 15.7. The van der Waals surface area contributed by atoms with Gasteiger partial charge in [0.1, 0.15) is 23.8 Å². The van der Waals surface area contributed by atoms with E-state index in [0.717, 1.165) is 35.5 Å². The zero-order chi connectivity index (χ0) is 20.9. The van der Waals surface area contributed by atoms with Crippen molar-refractivity contribution in [3.63, 3.8) is 0 Å². The van der Waals surface area contributed by atoms with E-state index >= 15 is 0 Å². The number of piperidine rings is 1. The molecule has 1 unspecified atom stereocenters. The van der Waals surface area contributed by atoms with Crippen LogP contribution in [0.1, 0.15) is 18.4 Å². The molecule has 0 spiro atoms. The van der Waals surface area contributed by atoms with Crippen LogP contribution in [0, 0.1) is 5.92 Å². The Hall–Kier alpha value is -3.42. The van der Waals surface area contributed by atoms with Crippen molar-refractivity contribution in [1.29, 1.82) is 0 Å². The van der Waals surface area contributed by atoms with E-state index in [9.17, 15) is 9.59 Å². The van der Waals surface area contributed by atoms with Crippen LogP contribution in [0.4, 0.5) is 5.82 Å². The third kappa shape index (κ3) is 4.27. The van der Waals surface area contributed by atoms with Crippen LogP contribution < -0.4 is 10.2 Å². The van der Waals surface area contributed by atoms with Crippen molar-refractivity contribution in [3.05, 3.63) is 54.5 Å². The highest BCUT2D eigenvalue weighted by Crippen LogP contribution is 2.27. The van der Waals surface area contributed by atoms with Crippen LogP contribution in [0.5, 0.6) is 0 Å². The summed E-state index contributed by atoms with van der Waals surface area (Å²) in [5.74, 6) is 0.209. The van der Waals surface area contributed by atoms with Gasteiger partial charge in [-0.3, -0.25) is 4.79 Å². The molecule has 1 fully saturated rings. The molecule has 3 heterocycles. The number of fused-ring (bicyclic) bond motifs is 1. The average molecular weight is 407 g/mol. The standard InChI is InChI=1S/C22H25N5O3/c1-30-22(29)18(13-15-5-3-2-4-6-15)26-21(28)16-8-11-27(12-9-16)20-17-7-10-23-19(17)24-14-25-20/h2-7,10,14,16,18H,8-9,11-13H2,1H3,(H,26,28)(H,23,24,25). The van der Waals surface area contributed by atoms with E-state index < -0.39 is 12.0 Å². The molecule has 0 aliphatic carbocycles. The van der Waals surface area contributed by atoms with Crippen molar-refractivity contribution >= 4 is 28.7 Å². The SMILES string of the molecule is COC(=O)C(Cc1ccccc1)NC(=O)C1CCN(c2ncnc3[nH]ccc23)CC1. The Kier molecular flexibility index (Phi) is 5.92. The number of aromatic amines is 1. The Morgan fingerprint density at radius 3 is 2.70 bits per heavy atom. The number of amides is 1. The summed E-state index contributed by atoms with van der Waals surface area (Å²) in [6, 6.07) is 10.9. The molecular weight excluding hydrogens is 382 g/mol. The van der Waals surface area contributed by atoms with Gasteiger partial charge in [0.05, 0.1) is 12.5 Å². The summed E-state index contributed by atoms with van der Waals surface area (Å²) in [6.07, 6.45) is 5.20. The number of nitrogens with zero attached hydrogens (tertiary/aromatic N) is 3. The first-order valence-corrected chi connectivity index (χ1v) is 10.1. The van der Waals surface area contributed by atoms with Gasteiger partial charge in [0.2, 0.25) is 5.91 Å². The van der Waals surface area contributed by atoms with Gasteiger partial charge >= 0.3 is 5.97 Å². The van der Waals surface area contributed by atoms with Crippen molar-refractivity contribution in [2.75, 3.05) is 25.1 Å². The summed E-state index contributed by atoms with van der Waals surface area (Å²) < 4.78 is 4.90. The Bertz CT molecular complexity index is 1010. The number of carbonyl (C=O) groups is 2. The van der Waals surface area contributed by atoms with Gasteiger partial charge in [-0.15, -0.1) is 0 Å². The largest absolute Gasteiger partial charge is 0.467 e. The van der Waals surface area contributed by atoms with E-state index in [4.69, 9.17) is 4.74 Å². The van der Waals surface area contributed by atoms with Crippen molar-refractivity contribution < 1.29 is 14.3 Å². The third-order valence-corrected chi connectivity index (χ3v) is 5.58. The van der Waals surface area contributed by atoms with E-state index in [0.29, 0.717) is 19.3 Å². The van der Waals surface area contributed by atoms with Crippen LogP contribution in [-0.4, -0.2) is 53.1 Å². The zero-order valence-corrected chi connectivity index (χ0v) is 16.9. The molecule has 1 atom stereocenters. The molecule has 1 aliphatic rings. The molecule has 4 rings (SSSR count). The molecule has 156 valence electrons. The number of esters is 1. The number of anilines is 1. The molecule has 0 bridgehead atoms. The maximum absolute atomic E-state index is 12.9. The number of ether oxygens (including phenoxy) is 1. The molecule has 0 radical (unpaired) electrons. The third-order valence-electron chi connectivity index (χ3n) is 5.58. The Morgan fingerprint density at radius 2 is 1.97 bits per heavy atom. The van der Waals surface area contributed by atoms with Gasteiger partial charge in [-0.2, -0.15) is 0 Å². The predicted molar refractivity (Wildman–Crippen MR) is 113 cm³/mol. The van der Waals surface area contributed by atoms with Gasteiger partial charge in [0.15, 0.2) is 0 Å². The van der Waals surface area contributed by atoms with Crippen LogP contribution in [0.3, 0.4) is 0 Å². The summed E-state index contributed by atoms with van der Waals surface area (Å²) in [7, 11) is 1.34. The molecule has 2 aromatic heterocycles. The molecular formula is C22H25N5O3. The molecule has 8 heteroatoms. The number of H-pyrrole nitrogens is 1. The summed E-state index contributed by atoms with van der Waals surface area (Å²) in [4.78, 5) is 39.0. The minimum absolute atomic E-state index is 0.101. The lowest BCUT2D eigenvalue weighted by Crippen LogP contribution is -2.48. The molecule has 1 aliphatic heterocycles. The number of rotatable bonds is 6. The van der Waals surface area contributed by atoms with E-state index in [2.05, 4.69) is 25.2 Å². The highest BCUT2D eigenvalue weighted by Gasteiger charge is 2.30. The van der Waals surface area contributed by atoms with E-state index in [1.807, 2.05) is 42.6 Å². The lowest BCUT2D eigenvalue weighted by Gasteiger charge is -2.33. The summed E-state index contributed by atoms with van der Waals surface area (Å²) in [5, 5.41) is 3.88. The monoisotopic (exact) mass is 407 g/mol. The fraction of sp³-hybridized carbons (Fsp3) is 0.364. The first-order chi connectivity index (χ1) is 14.7. The zero-order valence-electron chi connectivity index (χ0n) is 16.9. The topological polar surface area (TPSA) is 100 Å². The van der Waals surface area contributed by atoms with Gasteiger partial charge < -0.3 is 19.9 Å². The second kappa shape index (κ2) is 8.94. The number of methoxy groups -OCH3 is 1. The number of hydrogen-bond acceptors (Lipinski definition) is 6. The molecule has 0 saturated carbocycles. The fourth-order valence-electron chi connectivity index (χ4n) is 3.94. The van der Waals surface area contributed by atoms with E-state index in [1.54, 1.807) is 6.33 Å². The lowest BCUT2D eigenvalue weighted by molar-refractivity contribution is -0.145. The molecule has 1 aromatic carbocycles. The highest BCUT2D eigenvalue weighted by atomic mass is 16.5. The molecule has 2 N–H and O–H groups in total. The van der Waals surface area contributed by atoms with Crippen molar-refractivity contribution in [3.8, 4) is 0 Å². The second-order valence-electron chi connectivity index (χ2n) is 7.47.